The van der Waals surface area contributed by atoms with E-state index in [0.29, 0.717) is 0 Å². The number of carbonyl (C=O) groups is 1. The molecular formula is C18H22N4O4S. The largest absolute Gasteiger partial charge is 0.369 e. The fourth-order valence-electron chi connectivity index (χ4n) is 3.58. The quantitative estimate of drug-likeness (QED) is 0.852. The second kappa shape index (κ2) is 6.65. The Bertz CT molecular complexity index is 936. The van der Waals surface area contributed by atoms with E-state index in [4.69, 9.17) is 4.74 Å². The number of carbonyl (C=O) groups excluding carboxylic acids is 1. The second-order valence-corrected chi connectivity index (χ2v) is 9.59. The summed E-state index contributed by atoms with van der Waals surface area (Å²) in [7, 11) is -3.33. The Morgan fingerprint density at radius 3 is 2.85 bits per heavy atom. The summed E-state index contributed by atoms with van der Waals surface area (Å²) < 4.78 is 32.9. The van der Waals surface area contributed by atoms with Crippen LogP contribution in [0.25, 0.3) is 0 Å². The van der Waals surface area contributed by atoms with Crippen molar-refractivity contribution in [3.63, 3.8) is 0 Å². The van der Waals surface area contributed by atoms with Crippen LogP contribution in [0.3, 0.4) is 0 Å². The van der Waals surface area contributed by atoms with Crippen LogP contribution in [0, 0.1) is 6.92 Å². The molecule has 4 rings (SSSR count). The molecule has 27 heavy (non-hydrogen) atoms. The predicted molar refractivity (Wildman–Crippen MR) is 100 cm³/mol. The number of likely N-dealkylation sites (tertiary alicyclic amines) is 1. The van der Waals surface area contributed by atoms with Gasteiger partial charge in [0.2, 0.25) is 0 Å². The standard InChI is InChI=1S/C18H22N4O4S/c1-14-4-2-5-15(8-14)20-17(23)21-11-18(12-21)13-27(24,25)16(10-26-18)9-22-7-3-6-19-22/h2-8,16H,9-13H2,1H3,(H,20,23)/t16-/m0/s1. The van der Waals surface area contributed by atoms with Crippen molar-refractivity contribution in [2.24, 2.45) is 0 Å². The Hall–Kier alpha value is -2.39. The van der Waals surface area contributed by atoms with E-state index in [9.17, 15) is 13.2 Å². The molecule has 2 saturated heterocycles. The fourth-order valence-corrected chi connectivity index (χ4v) is 5.47. The number of aryl methyl sites for hydroxylation is 1. The van der Waals surface area contributed by atoms with E-state index in [1.165, 1.54) is 0 Å². The van der Waals surface area contributed by atoms with Gasteiger partial charge in [0.1, 0.15) is 10.9 Å². The normalized spacial score (nSPS) is 23.0. The molecule has 1 aromatic carbocycles. The summed E-state index contributed by atoms with van der Waals surface area (Å²) in [5.41, 5.74) is 0.985. The summed E-state index contributed by atoms with van der Waals surface area (Å²) in [5, 5.41) is 6.29. The van der Waals surface area contributed by atoms with E-state index < -0.39 is 20.7 Å². The van der Waals surface area contributed by atoms with Gasteiger partial charge in [0, 0.05) is 18.1 Å². The SMILES string of the molecule is Cc1cccc(NC(=O)N2CC3(C2)CS(=O)(=O)[C@@H](Cn2cccn2)CO3)c1. The van der Waals surface area contributed by atoms with E-state index in [1.807, 2.05) is 31.2 Å². The number of hydrogen-bond acceptors (Lipinski definition) is 5. The molecule has 2 aromatic rings. The number of urea groups is 1. The van der Waals surface area contributed by atoms with Crippen LogP contribution in [-0.4, -0.2) is 65.4 Å². The number of ether oxygens (including phenoxy) is 1. The highest BCUT2D eigenvalue weighted by Crippen LogP contribution is 2.33. The van der Waals surface area contributed by atoms with E-state index in [2.05, 4.69) is 10.4 Å². The first-order valence-electron chi connectivity index (χ1n) is 8.81. The van der Waals surface area contributed by atoms with Crippen molar-refractivity contribution in [2.75, 3.05) is 30.8 Å². The lowest BCUT2D eigenvalue weighted by Crippen LogP contribution is -2.71. The van der Waals surface area contributed by atoms with Gasteiger partial charge in [0.15, 0.2) is 9.84 Å². The Kier molecular flexibility index (Phi) is 4.43. The highest BCUT2D eigenvalue weighted by atomic mass is 32.2. The van der Waals surface area contributed by atoms with Gasteiger partial charge in [-0.25, -0.2) is 13.2 Å². The van der Waals surface area contributed by atoms with Gasteiger partial charge in [-0.2, -0.15) is 5.10 Å². The summed E-state index contributed by atoms with van der Waals surface area (Å²) in [5.74, 6) is -0.0693. The number of rotatable bonds is 3. The van der Waals surface area contributed by atoms with Crippen molar-refractivity contribution in [3.8, 4) is 0 Å². The third-order valence-electron chi connectivity index (χ3n) is 5.01. The van der Waals surface area contributed by atoms with E-state index in [1.54, 1.807) is 28.0 Å². The summed E-state index contributed by atoms with van der Waals surface area (Å²) in [6.07, 6.45) is 3.36. The number of hydrogen-bond donors (Lipinski definition) is 1. The molecule has 8 nitrogen and oxygen atoms in total. The topological polar surface area (TPSA) is 93.5 Å². The number of aromatic nitrogens is 2. The summed E-state index contributed by atoms with van der Waals surface area (Å²) in [4.78, 5) is 13.9. The number of anilines is 1. The highest BCUT2D eigenvalue weighted by molar-refractivity contribution is 7.92. The second-order valence-electron chi connectivity index (χ2n) is 7.31. The summed E-state index contributed by atoms with van der Waals surface area (Å²) in [6.45, 7) is 2.91. The highest BCUT2D eigenvalue weighted by Gasteiger charge is 2.53. The zero-order valence-electron chi connectivity index (χ0n) is 15.0. The minimum Gasteiger partial charge on any atom is -0.369 e. The minimum absolute atomic E-state index is 0.0693. The van der Waals surface area contributed by atoms with Gasteiger partial charge in [-0.3, -0.25) is 4.68 Å². The lowest BCUT2D eigenvalue weighted by molar-refractivity contribution is -0.117. The number of benzene rings is 1. The zero-order chi connectivity index (χ0) is 19.1. The molecule has 2 fully saturated rings. The Morgan fingerprint density at radius 1 is 1.37 bits per heavy atom. The molecule has 1 atom stereocenters. The molecule has 0 aliphatic carbocycles. The summed E-state index contributed by atoms with van der Waals surface area (Å²) >= 11 is 0. The smallest absolute Gasteiger partial charge is 0.322 e. The van der Waals surface area contributed by atoms with Crippen LogP contribution in [0.2, 0.25) is 0 Å². The molecule has 0 saturated carbocycles. The molecule has 2 aliphatic heterocycles. The third-order valence-corrected chi connectivity index (χ3v) is 7.24. The van der Waals surface area contributed by atoms with Gasteiger partial charge < -0.3 is 15.0 Å². The Balaban J connectivity index is 1.35. The Labute approximate surface area is 158 Å². The van der Waals surface area contributed by atoms with E-state index in [0.717, 1.165) is 11.3 Å². The molecule has 0 unspecified atom stereocenters. The van der Waals surface area contributed by atoms with E-state index >= 15 is 0 Å². The molecule has 144 valence electrons. The lowest BCUT2D eigenvalue weighted by Gasteiger charge is -2.51. The van der Waals surface area contributed by atoms with Crippen LogP contribution in [0.4, 0.5) is 10.5 Å². The van der Waals surface area contributed by atoms with Crippen LogP contribution in [-0.2, 0) is 21.1 Å². The van der Waals surface area contributed by atoms with Crippen molar-refractivity contribution in [1.82, 2.24) is 14.7 Å². The first-order chi connectivity index (χ1) is 12.9. The van der Waals surface area contributed by atoms with Crippen LogP contribution in [0.15, 0.2) is 42.7 Å². The van der Waals surface area contributed by atoms with Crippen LogP contribution in [0.1, 0.15) is 5.56 Å². The maximum Gasteiger partial charge on any atom is 0.322 e. The average Bonchev–Trinajstić information content (AvgIpc) is 3.07. The van der Waals surface area contributed by atoms with Gasteiger partial charge in [-0.05, 0) is 30.7 Å². The maximum absolute atomic E-state index is 12.7. The minimum atomic E-state index is -3.33. The maximum atomic E-state index is 12.7. The van der Waals surface area contributed by atoms with Gasteiger partial charge in [-0.15, -0.1) is 0 Å². The van der Waals surface area contributed by atoms with Crippen molar-refractivity contribution in [2.45, 2.75) is 24.3 Å². The first-order valence-corrected chi connectivity index (χ1v) is 10.5. The van der Waals surface area contributed by atoms with Crippen LogP contribution in [0.5, 0.6) is 0 Å². The third kappa shape index (κ3) is 3.70. The molecule has 2 aliphatic rings. The molecule has 2 amide bonds. The molecule has 1 N–H and O–H groups in total. The number of amides is 2. The molecule has 1 aromatic heterocycles. The predicted octanol–water partition coefficient (Wildman–Crippen LogP) is 1.29. The lowest BCUT2D eigenvalue weighted by atomic mass is 9.96. The molecule has 9 heteroatoms. The van der Waals surface area contributed by atoms with E-state index in [-0.39, 0.29) is 38.0 Å². The summed E-state index contributed by atoms with van der Waals surface area (Å²) in [6, 6.07) is 9.05. The van der Waals surface area contributed by atoms with Gasteiger partial charge in [0.05, 0.1) is 32.0 Å². The average molecular weight is 390 g/mol. The van der Waals surface area contributed by atoms with Crippen molar-refractivity contribution < 1.29 is 17.9 Å². The van der Waals surface area contributed by atoms with Crippen LogP contribution < -0.4 is 5.32 Å². The number of nitrogens with zero attached hydrogens (tertiary/aromatic N) is 3. The monoisotopic (exact) mass is 390 g/mol. The number of nitrogens with one attached hydrogen (secondary N) is 1. The fraction of sp³-hybridized carbons (Fsp3) is 0.444. The first kappa shape index (κ1) is 18.0. The van der Waals surface area contributed by atoms with Crippen molar-refractivity contribution >= 4 is 21.6 Å². The molecule has 0 bridgehead atoms. The molecule has 1 spiro atoms. The van der Waals surface area contributed by atoms with Crippen LogP contribution >= 0.6 is 0 Å². The van der Waals surface area contributed by atoms with Gasteiger partial charge >= 0.3 is 6.03 Å². The Morgan fingerprint density at radius 2 is 2.19 bits per heavy atom. The van der Waals surface area contributed by atoms with Crippen molar-refractivity contribution in [3.05, 3.63) is 48.3 Å². The molecule has 3 heterocycles. The van der Waals surface area contributed by atoms with Crippen molar-refractivity contribution in [1.29, 1.82) is 0 Å². The number of sulfone groups is 1. The zero-order valence-corrected chi connectivity index (χ0v) is 15.9. The molecule has 0 radical (unpaired) electrons. The molecular weight excluding hydrogens is 368 g/mol. The van der Waals surface area contributed by atoms with Gasteiger partial charge in [0.25, 0.3) is 0 Å². The van der Waals surface area contributed by atoms with Gasteiger partial charge in [-0.1, -0.05) is 12.1 Å².